The highest BCUT2D eigenvalue weighted by Gasteiger charge is 2.31. The maximum absolute atomic E-state index is 13.6. The largest absolute Gasteiger partial charge is 0.442 e. The summed E-state index contributed by atoms with van der Waals surface area (Å²) in [6.07, 6.45) is 8.73. The fraction of sp³-hybridized carbons (Fsp3) is 0.340. The molecule has 5 heterocycles. The zero-order valence-corrected chi connectivity index (χ0v) is 35.5. The molecule has 0 radical (unpaired) electrons. The monoisotopic (exact) mass is 884 g/mol. The average molecular weight is 885 g/mol. The maximum Gasteiger partial charge on any atom is 0.361 e. The molecular formula is C47H49FN10O7. The number of piperidine rings is 3. The van der Waals surface area contributed by atoms with Gasteiger partial charge < -0.3 is 30.9 Å². The van der Waals surface area contributed by atoms with E-state index >= 15 is 0 Å². The summed E-state index contributed by atoms with van der Waals surface area (Å²) in [4.78, 5) is 89.4. The van der Waals surface area contributed by atoms with Crippen molar-refractivity contribution in [3.8, 4) is 11.3 Å². The van der Waals surface area contributed by atoms with Crippen LogP contribution in [-0.2, 0) is 19.1 Å². The Morgan fingerprint density at radius 2 is 1.57 bits per heavy atom. The quantitative estimate of drug-likeness (QED) is 0.0933. The van der Waals surface area contributed by atoms with Gasteiger partial charge in [0.25, 0.3) is 17.7 Å². The van der Waals surface area contributed by atoms with E-state index in [1.165, 1.54) is 30.5 Å². The number of hydrogen-bond donors (Lipinski definition) is 4. The van der Waals surface area contributed by atoms with Gasteiger partial charge in [-0.25, -0.2) is 19.2 Å². The Morgan fingerprint density at radius 1 is 0.862 bits per heavy atom. The van der Waals surface area contributed by atoms with Gasteiger partial charge in [0.05, 0.1) is 24.1 Å². The van der Waals surface area contributed by atoms with E-state index in [4.69, 9.17) is 10.5 Å². The summed E-state index contributed by atoms with van der Waals surface area (Å²) in [6, 6.07) is 19.5. The predicted molar refractivity (Wildman–Crippen MR) is 235 cm³/mol. The Hall–Kier alpha value is -7.34. The first kappa shape index (κ1) is 44.3. The molecule has 2 atom stereocenters. The summed E-state index contributed by atoms with van der Waals surface area (Å²) in [6.45, 7) is 4.12. The van der Waals surface area contributed by atoms with Crippen LogP contribution in [0.4, 0.5) is 15.9 Å². The second kappa shape index (κ2) is 20.0. The SMILES string of the molecule is Nc1ncc(-c2cnn(C3CCN(CCC4CCN(C(=O)c5ccc(C(=O)NC6CCC(=O)NC6=O)cc5)CC4)CC3)c2)nc1C(=O)O[C@@H](C(=O)Nc1ccc(F)cc1)c1ccccc1. The van der Waals surface area contributed by atoms with E-state index in [2.05, 4.69) is 35.9 Å². The van der Waals surface area contributed by atoms with Gasteiger partial charge in [-0.1, -0.05) is 30.3 Å². The van der Waals surface area contributed by atoms with Crippen molar-refractivity contribution in [1.82, 2.24) is 40.2 Å². The molecule has 18 heteroatoms. The number of imide groups is 1. The number of rotatable bonds is 13. The number of hydrogen-bond acceptors (Lipinski definition) is 12. The number of aromatic nitrogens is 4. The Morgan fingerprint density at radius 3 is 2.28 bits per heavy atom. The fourth-order valence-electron chi connectivity index (χ4n) is 8.38. The molecule has 3 aliphatic heterocycles. The van der Waals surface area contributed by atoms with Crippen LogP contribution < -0.4 is 21.7 Å². The van der Waals surface area contributed by atoms with Crippen LogP contribution in [0.2, 0.25) is 0 Å². The molecule has 2 aromatic heterocycles. The van der Waals surface area contributed by atoms with Crippen LogP contribution >= 0.6 is 0 Å². The number of halogens is 1. The van der Waals surface area contributed by atoms with Crippen molar-refractivity contribution >= 4 is 47.0 Å². The van der Waals surface area contributed by atoms with Gasteiger partial charge in [-0.2, -0.15) is 5.10 Å². The van der Waals surface area contributed by atoms with Crippen LogP contribution in [0.15, 0.2) is 97.5 Å². The predicted octanol–water partition coefficient (Wildman–Crippen LogP) is 4.71. The Labute approximate surface area is 373 Å². The van der Waals surface area contributed by atoms with E-state index in [0.717, 1.165) is 51.7 Å². The lowest BCUT2D eigenvalue weighted by molar-refractivity contribution is -0.134. The number of ether oxygens (including phenoxy) is 1. The fourth-order valence-corrected chi connectivity index (χ4v) is 8.38. The van der Waals surface area contributed by atoms with Crippen molar-refractivity contribution < 1.29 is 37.9 Å². The zero-order valence-electron chi connectivity index (χ0n) is 35.5. The number of anilines is 2. The highest BCUT2D eigenvalue weighted by atomic mass is 19.1. The van der Waals surface area contributed by atoms with Gasteiger partial charge in [-0.05, 0) is 99.5 Å². The summed E-state index contributed by atoms with van der Waals surface area (Å²) < 4.78 is 21.1. The minimum absolute atomic E-state index is 0.0745. The second-order valence-electron chi connectivity index (χ2n) is 16.5. The number of nitrogens with one attached hydrogen (secondary N) is 3. The lowest BCUT2D eigenvalue weighted by Crippen LogP contribution is -2.52. The number of esters is 1. The van der Waals surface area contributed by atoms with Gasteiger partial charge >= 0.3 is 5.97 Å². The van der Waals surface area contributed by atoms with Gasteiger partial charge in [0.15, 0.2) is 11.5 Å². The van der Waals surface area contributed by atoms with Gasteiger partial charge in [0.1, 0.15) is 11.9 Å². The maximum atomic E-state index is 13.6. The molecule has 3 fully saturated rings. The first-order chi connectivity index (χ1) is 31.5. The molecule has 3 aromatic carbocycles. The summed E-state index contributed by atoms with van der Waals surface area (Å²) in [5.74, 6) is -3.09. The normalized spacial score (nSPS) is 17.8. The van der Waals surface area contributed by atoms with Crippen molar-refractivity contribution in [3.05, 3.63) is 126 Å². The van der Waals surface area contributed by atoms with Gasteiger partial charge in [0, 0.05) is 66.7 Å². The summed E-state index contributed by atoms with van der Waals surface area (Å²) in [5, 5.41) is 12.2. The third kappa shape index (κ3) is 10.9. The van der Waals surface area contributed by atoms with Crippen molar-refractivity contribution in [3.63, 3.8) is 0 Å². The van der Waals surface area contributed by atoms with Crippen LogP contribution in [0, 0.1) is 11.7 Å². The van der Waals surface area contributed by atoms with Crippen molar-refractivity contribution in [2.24, 2.45) is 5.92 Å². The van der Waals surface area contributed by atoms with Gasteiger partial charge in [-0.15, -0.1) is 0 Å². The minimum Gasteiger partial charge on any atom is -0.442 e. The lowest BCUT2D eigenvalue weighted by Gasteiger charge is -2.35. The highest BCUT2D eigenvalue weighted by molar-refractivity contribution is 6.04. The molecule has 65 heavy (non-hydrogen) atoms. The number of carbonyl (C=O) groups is 6. The highest BCUT2D eigenvalue weighted by Crippen LogP contribution is 2.29. The number of nitrogens with zero attached hydrogens (tertiary/aromatic N) is 6. The third-order valence-electron chi connectivity index (χ3n) is 12.2. The molecule has 3 saturated heterocycles. The van der Waals surface area contributed by atoms with E-state index < -0.39 is 41.7 Å². The van der Waals surface area contributed by atoms with Crippen LogP contribution in [0.5, 0.6) is 0 Å². The molecule has 5 N–H and O–H groups in total. The van der Waals surface area contributed by atoms with Crippen LogP contribution in [0.3, 0.4) is 0 Å². The van der Waals surface area contributed by atoms with Crippen molar-refractivity contribution in [2.75, 3.05) is 43.8 Å². The van der Waals surface area contributed by atoms with Crippen molar-refractivity contribution in [2.45, 2.75) is 63.1 Å². The molecule has 0 saturated carbocycles. The number of amides is 5. The van der Waals surface area contributed by atoms with Crippen LogP contribution in [-0.4, -0.2) is 104 Å². The Bertz CT molecular complexity index is 2540. The Balaban J connectivity index is 0.788. The molecule has 17 nitrogen and oxygen atoms in total. The summed E-state index contributed by atoms with van der Waals surface area (Å²) >= 11 is 0. The van der Waals surface area contributed by atoms with E-state index in [0.29, 0.717) is 52.6 Å². The van der Waals surface area contributed by atoms with Gasteiger partial charge in [-0.3, -0.25) is 34.0 Å². The van der Waals surface area contributed by atoms with Crippen molar-refractivity contribution in [1.29, 1.82) is 0 Å². The molecule has 5 amide bonds. The molecular weight excluding hydrogens is 836 g/mol. The topological polar surface area (TPSA) is 224 Å². The molecule has 1 unspecified atom stereocenters. The van der Waals surface area contributed by atoms with E-state index in [-0.39, 0.29) is 42.2 Å². The van der Waals surface area contributed by atoms with Crippen LogP contribution in [0.25, 0.3) is 11.3 Å². The molecule has 3 aliphatic rings. The van der Waals surface area contributed by atoms with E-state index in [9.17, 15) is 33.2 Å². The lowest BCUT2D eigenvalue weighted by atomic mass is 9.92. The second-order valence-corrected chi connectivity index (χ2v) is 16.5. The number of nitrogen functional groups attached to an aromatic ring is 1. The molecule has 8 rings (SSSR count). The average Bonchev–Trinajstić information content (AvgIpc) is 3.83. The van der Waals surface area contributed by atoms with E-state index in [1.807, 2.05) is 15.8 Å². The molecule has 336 valence electrons. The zero-order chi connectivity index (χ0) is 45.5. The number of carbonyl (C=O) groups excluding carboxylic acids is 6. The first-order valence-corrected chi connectivity index (χ1v) is 21.7. The number of nitrogens with two attached hydrogens (primary N) is 1. The third-order valence-corrected chi connectivity index (χ3v) is 12.2. The smallest absolute Gasteiger partial charge is 0.361 e. The van der Waals surface area contributed by atoms with Crippen LogP contribution in [0.1, 0.15) is 93.9 Å². The van der Waals surface area contributed by atoms with Gasteiger partial charge in [0.2, 0.25) is 17.9 Å². The molecule has 0 aliphatic carbocycles. The molecule has 0 spiro atoms. The number of benzene rings is 3. The molecule has 5 aromatic rings. The first-order valence-electron chi connectivity index (χ1n) is 21.7. The molecule has 0 bridgehead atoms. The standard InChI is InChI=1S/C47H49FN10O7/c48-34-10-12-35(13-11-34)52-45(62)41(30-4-2-1-3-5-30)65-47(64)40-42(49)50-27-38(53-40)33-26-51-58(28-33)36-19-22-56(23-20-36)21-16-29-17-24-57(25-18-29)46(63)32-8-6-31(7-9-32)43(60)54-37-14-15-39(59)55-44(37)61/h1-13,26-29,36-37,41H,14-25H2,(H2,49,50)(H,52,62)(H,54,60)(H,55,59,61)/t37?,41-/m1/s1. The minimum atomic E-state index is -1.37. The van der Waals surface area contributed by atoms with E-state index in [1.54, 1.807) is 60.8 Å². The Kier molecular flexibility index (Phi) is 13.6. The summed E-state index contributed by atoms with van der Waals surface area (Å²) in [7, 11) is 0. The number of likely N-dealkylation sites (tertiary alicyclic amines) is 2. The summed E-state index contributed by atoms with van der Waals surface area (Å²) in [5.41, 5.74) is 8.42.